The number of nitrogens with zero attached hydrogens (tertiary/aromatic N) is 3. The molecule has 1 aromatic heterocycles. The van der Waals surface area contributed by atoms with Gasteiger partial charge in [-0.3, -0.25) is 9.48 Å². The number of carbonyl (C=O) groups is 1. The Bertz CT molecular complexity index is 409. The molecule has 1 amide bonds. The number of hydrogen-bond donors (Lipinski definition) is 1. The van der Waals surface area contributed by atoms with Crippen LogP contribution in [0, 0.1) is 0 Å². The maximum Gasteiger partial charge on any atom is 0.223 e. The molecular weight excluding hydrogens is 240 g/mol. The van der Waals surface area contributed by atoms with E-state index in [0.29, 0.717) is 6.42 Å². The predicted molar refractivity (Wildman–Crippen MR) is 74.7 cm³/mol. The molecule has 19 heavy (non-hydrogen) atoms. The summed E-state index contributed by atoms with van der Waals surface area (Å²) in [5.74, 6) is 0.282. The third kappa shape index (κ3) is 3.80. The van der Waals surface area contributed by atoms with Crippen LogP contribution in [0.15, 0.2) is 12.3 Å². The molecule has 5 nitrogen and oxygen atoms in total. The molecule has 106 valence electrons. The van der Waals surface area contributed by atoms with Gasteiger partial charge < -0.3 is 10.2 Å². The van der Waals surface area contributed by atoms with Crippen LogP contribution in [0.1, 0.15) is 44.3 Å². The molecule has 1 N–H and O–H groups in total. The van der Waals surface area contributed by atoms with Gasteiger partial charge in [-0.15, -0.1) is 0 Å². The second kappa shape index (κ2) is 6.70. The van der Waals surface area contributed by atoms with E-state index in [1.54, 1.807) is 6.20 Å². The first-order valence-electron chi connectivity index (χ1n) is 7.17. The minimum Gasteiger partial charge on any atom is -0.343 e. The first-order chi connectivity index (χ1) is 9.18. The van der Waals surface area contributed by atoms with E-state index in [1.807, 2.05) is 22.7 Å². The fourth-order valence-corrected chi connectivity index (χ4v) is 2.61. The van der Waals surface area contributed by atoms with Gasteiger partial charge in [0.15, 0.2) is 0 Å². The molecule has 1 aromatic rings. The SMILES string of the molecule is CC(NCCC(=O)N1CCCCC1)c1ccnn1C. The molecule has 1 aliphatic rings. The van der Waals surface area contributed by atoms with Crippen LogP contribution in [0.3, 0.4) is 0 Å². The van der Waals surface area contributed by atoms with Gasteiger partial charge in [0.2, 0.25) is 5.91 Å². The Hall–Kier alpha value is -1.36. The van der Waals surface area contributed by atoms with Crippen molar-refractivity contribution in [3.8, 4) is 0 Å². The van der Waals surface area contributed by atoms with Crippen molar-refractivity contribution in [3.63, 3.8) is 0 Å². The summed E-state index contributed by atoms with van der Waals surface area (Å²) in [6.07, 6.45) is 5.96. The van der Waals surface area contributed by atoms with E-state index in [1.165, 1.54) is 6.42 Å². The van der Waals surface area contributed by atoms with E-state index in [9.17, 15) is 4.79 Å². The van der Waals surface area contributed by atoms with Crippen LogP contribution in [0.2, 0.25) is 0 Å². The van der Waals surface area contributed by atoms with Crippen LogP contribution in [0.25, 0.3) is 0 Å². The predicted octanol–water partition coefficient (Wildman–Crippen LogP) is 1.47. The van der Waals surface area contributed by atoms with Crippen molar-refractivity contribution >= 4 is 5.91 Å². The van der Waals surface area contributed by atoms with Gasteiger partial charge in [0, 0.05) is 45.3 Å². The van der Waals surface area contributed by atoms with Crippen molar-refractivity contribution in [2.24, 2.45) is 7.05 Å². The maximum absolute atomic E-state index is 12.0. The minimum absolute atomic E-state index is 0.224. The smallest absolute Gasteiger partial charge is 0.223 e. The van der Waals surface area contributed by atoms with Crippen molar-refractivity contribution in [1.29, 1.82) is 0 Å². The van der Waals surface area contributed by atoms with E-state index in [-0.39, 0.29) is 11.9 Å². The average Bonchev–Trinajstić information content (AvgIpc) is 2.86. The maximum atomic E-state index is 12.0. The van der Waals surface area contributed by atoms with E-state index >= 15 is 0 Å². The van der Waals surface area contributed by atoms with Crippen LogP contribution in [-0.2, 0) is 11.8 Å². The highest BCUT2D eigenvalue weighted by Crippen LogP contribution is 2.11. The summed E-state index contributed by atoms with van der Waals surface area (Å²) in [4.78, 5) is 14.0. The second-order valence-electron chi connectivity index (χ2n) is 5.25. The first-order valence-corrected chi connectivity index (χ1v) is 7.17. The zero-order valence-corrected chi connectivity index (χ0v) is 11.9. The Labute approximate surface area is 115 Å². The molecule has 0 spiro atoms. The molecule has 1 saturated heterocycles. The standard InChI is InChI=1S/C14H24N4O/c1-12(13-6-9-16-17(13)2)15-8-7-14(19)18-10-4-3-5-11-18/h6,9,12,15H,3-5,7-8,10-11H2,1-2H3. The van der Waals surface area contributed by atoms with Gasteiger partial charge in [-0.05, 0) is 32.3 Å². The lowest BCUT2D eigenvalue weighted by atomic mass is 10.1. The molecule has 0 bridgehead atoms. The fraction of sp³-hybridized carbons (Fsp3) is 0.714. The lowest BCUT2D eigenvalue weighted by molar-refractivity contribution is -0.132. The Morgan fingerprint density at radius 3 is 2.79 bits per heavy atom. The molecule has 5 heteroatoms. The van der Waals surface area contributed by atoms with E-state index in [2.05, 4.69) is 17.3 Å². The summed E-state index contributed by atoms with van der Waals surface area (Å²) in [7, 11) is 1.94. The Morgan fingerprint density at radius 2 is 2.16 bits per heavy atom. The summed E-state index contributed by atoms with van der Waals surface area (Å²) < 4.78 is 1.87. The highest BCUT2D eigenvalue weighted by molar-refractivity contribution is 5.76. The number of aryl methyl sites for hydroxylation is 1. The van der Waals surface area contributed by atoms with E-state index in [0.717, 1.165) is 38.2 Å². The highest BCUT2D eigenvalue weighted by atomic mass is 16.2. The molecule has 2 rings (SSSR count). The van der Waals surface area contributed by atoms with Gasteiger partial charge in [-0.25, -0.2) is 0 Å². The number of amides is 1. The Morgan fingerprint density at radius 1 is 1.42 bits per heavy atom. The number of piperidine rings is 1. The van der Waals surface area contributed by atoms with Crippen LogP contribution >= 0.6 is 0 Å². The Kier molecular flexibility index (Phi) is 4.96. The summed E-state index contributed by atoms with van der Waals surface area (Å²) in [6, 6.07) is 2.23. The molecule has 0 aliphatic carbocycles. The zero-order chi connectivity index (χ0) is 13.7. The van der Waals surface area contributed by atoms with Gasteiger partial charge in [0.25, 0.3) is 0 Å². The van der Waals surface area contributed by atoms with Crippen molar-refractivity contribution in [2.45, 2.75) is 38.6 Å². The molecular formula is C14H24N4O. The van der Waals surface area contributed by atoms with Gasteiger partial charge >= 0.3 is 0 Å². The largest absolute Gasteiger partial charge is 0.343 e. The zero-order valence-electron chi connectivity index (χ0n) is 11.9. The second-order valence-corrected chi connectivity index (χ2v) is 5.25. The minimum atomic E-state index is 0.224. The summed E-state index contributed by atoms with van der Waals surface area (Å²) in [6.45, 7) is 4.70. The Balaban J connectivity index is 1.71. The molecule has 0 saturated carbocycles. The van der Waals surface area contributed by atoms with Crippen molar-refractivity contribution in [3.05, 3.63) is 18.0 Å². The molecule has 2 heterocycles. The van der Waals surface area contributed by atoms with Crippen molar-refractivity contribution < 1.29 is 4.79 Å². The number of hydrogen-bond acceptors (Lipinski definition) is 3. The third-order valence-electron chi connectivity index (χ3n) is 3.80. The lowest BCUT2D eigenvalue weighted by Gasteiger charge is -2.27. The summed E-state index contributed by atoms with van der Waals surface area (Å²) >= 11 is 0. The molecule has 1 fully saturated rings. The molecule has 0 aromatic carbocycles. The summed E-state index contributed by atoms with van der Waals surface area (Å²) in [5.41, 5.74) is 1.14. The highest BCUT2D eigenvalue weighted by Gasteiger charge is 2.16. The third-order valence-corrected chi connectivity index (χ3v) is 3.80. The van der Waals surface area contributed by atoms with Gasteiger partial charge in [0.1, 0.15) is 0 Å². The van der Waals surface area contributed by atoms with Crippen LogP contribution in [0.4, 0.5) is 0 Å². The molecule has 0 radical (unpaired) electrons. The van der Waals surface area contributed by atoms with E-state index in [4.69, 9.17) is 0 Å². The first kappa shape index (κ1) is 14.1. The van der Waals surface area contributed by atoms with Crippen LogP contribution in [0.5, 0.6) is 0 Å². The number of aromatic nitrogens is 2. The number of carbonyl (C=O) groups excluding carboxylic acids is 1. The number of nitrogens with one attached hydrogen (secondary N) is 1. The monoisotopic (exact) mass is 264 g/mol. The quantitative estimate of drug-likeness (QED) is 0.876. The topological polar surface area (TPSA) is 50.2 Å². The molecule has 1 unspecified atom stereocenters. The average molecular weight is 264 g/mol. The lowest BCUT2D eigenvalue weighted by Crippen LogP contribution is -2.37. The molecule has 1 aliphatic heterocycles. The normalized spacial score (nSPS) is 17.5. The van der Waals surface area contributed by atoms with Gasteiger partial charge in [0.05, 0.1) is 5.69 Å². The fourth-order valence-electron chi connectivity index (χ4n) is 2.61. The summed E-state index contributed by atoms with van der Waals surface area (Å²) in [5, 5.41) is 7.54. The number of likely N-dealkylation sites (tertiary alicyclic amines) is 1. The molecule has 1 atom stereocenters. The van der Waals surface area contributed by atoms with Gasteiger partial charge in [-0.2, -0.15) is 5.10 Å². The van der Waals surface area contributed by atoms with Crippen molar-refractivity contribution in [1.82, 2.24) is 20.0 Å². The van der Waals surface area contributed by atoms with Crippen LogP contribution in [-0.4, -0.2) is 40.2 Å². The van der Waals surface area contributed by atoms with Crippen LogP contribution < -0.4 is 5.32 Å². The number of rotatable bonds is 5. The van der Waals surface area contributed by atoms with Gasteiger partial charge in [-0.1, -0.05) is 0 Å². The van der Waals surface area contributed by atoms with Crippen molar-refractivity contribution in [2.75, 3.05) is 19.6 Å². The van der Waals surface area contributed by atoms with E-state index < -0.39 is 0 Å².